The van der Waals surface area contributed by atoms with Gasteiger partial charge in [0.1, 0.15) is 18.7 Å². The lowest BCUT2D eigenvalue weighted by Gasteiger charge is -2.22. The molecule has 144 valence electrons. The third-order valence-corrected chi connectivity index (χ3v) is 4.50. The van der Waals surface area contributed by atoms with Crippen LogP contribution in [0.4, 0.5) is 5.69 Å². The predicted octanol–water partition coefficient (Wildman–Crippen LogP) is 3.31. The van der Waals surface area contributed by atoms with E-state index in [1.807, 2.05) is 26.0 Å². The summed E-state index contributed by atoms with van der Waals surface area (Å²) in [5, 5.41) is 10.0. The van der Waals surface area contributed by atoms with Crippen LogP contribution in [0.1, 0.15) is 24.2 Å². The Morgan fingerprint density at radius 2 is 1.79 bits per heavy atom. The van der Waals surface area contributed by atoms with E-state index in [0.717, 1.165) is 5.69 Å². The van der Waals surface area contributed by atoms with E-state index in [-0.39, 0.29) is 17.7 Å². The molecule has 0 radical (unpaired) electrons. The molecule has 1 unspecified atom stereocenters. The number of nitrogens with one attached hydrogen (secondary N) is 2. The fraction of sp³-hybridized carbons (Fsp3) is 0.200. The molecule has 1 atom stereocenters. The predicted molar refractivity (Wildman–Crippen MR) is 108 cm³/mol. The topological polar surface area (TPSA) is 88.9 Å². The number of anilines is 1. The van der Waals surface area contributed by atoms with E-state index < -0.39 is 6.04 Å². The third kappa shape index (κ3) is 4.55. The molecule has 0 aliphatic heterocycles. The van der Waals surface area contributed by atoms with Crippen LogP contribution in [-0.4, -0.2) is 32.6 Å². The Labute approximate surface area is 167 Å². The number of carbonyl (C=O) groups is 2. The SMILES string of the molecule is CC(C)C(NC(=O)c1ccccc1Cl)C(=O)Nc1ccc(-n2cncn2)cc1. The Morgan fingerprint density at radius 1 is 1.07 bits per heavy atom. The summed E-state index contributed by atoms with van der Waals surface area (Å²) in [4.78, 5) is 29.2. The number of rotatable bonds is 6. The highest BCUT2D eigenvalue weighted by atomic mass is 35.5. The number of hydrogen-bond donors (Lipinski definition) is 2. The fourth-order valence-electron chi connectivity index (χ4n) is 2.66. The zero-order valence-corrected chi connectivity index (χ0v) is 16.2. The van der Waals surface area contributed by atoms with Crippen LogP contribution in [0.3, 0.4) is 0 Å². The lowest BCUT2D eigenvalue weighted by Crippen LogP contribution is -2.47. The summed E-state index contributed by atoms with van der Waals surface area (Å²) in [5.74, 6) is -0.800. The summed E-state index contributed by atoms with van der Waals surface area (Å²) in [6.45, 7) is 3.73. The van der Waals surface area contributed by atoms with Gasteiger partial charge in [0.15, 0.2) is 0 Å². The van der Waals surface area contributed by atoms with E-state index >= 15 is 0 Å². The van der Waals surface area contributed by atoms with Crippen molar-refractivity contribution < 1.29 is 9.59 Å². The second-order valence-corrected chi connectivity index (χ2v) is 6.96. The molecule has 0 spiro atoms. The molecule has 8 heteroatoms. The molecule has 1 heterocycles. The van der Waals surface area contributed by atoms with Crippen LogP contribution in [0.25, 0.3) is 5.69 Å². The van der Waals surface area contributed by atoms with Gasteiger partial charge in [0, 0.05) is 5.69 Å². The quantitative estimate of drug-likeness (QED) is 0.667. The van der Waals surface area contributed by atoms with Crippen molar-refractivity contribution in [1.29, 1.82) is 0 Å². The van der Waals surface area contributed by atoms with Gasteiger partial charge in [-0.1, -0.05) is 37.6 Å². The summed E-state index contributed by atoms with van der Waals surface area (Å²) in [6, 6.07) is 13.2. The van der Waals surface area contributed by atoms with Gasteiger partial charge in [0.05, 0.1) is 16.3 Å². The Bertz CT molecular complexity index is 955. The maximum atomic E-state index is 12.7. The van der Waals surface area contributed by atoms with Crippen LogP contribution >= 0.6 is 11.6 Å². The average Bonchev–Trinajstić information content (AvgIpc) is 3.21. The summed E-state index contributed by atoms with van der Waals surface area (Å²) in [6.07, 6.45) is 3.04. The van der Waals surface area contributed by atoms with Crippen LogP contribution in [0, 0.1) is 5.92 Å². The molecule has 2 amide bonds. The van der Waals surface area contributed by atoms with E-state index in [0.29, 0.717) is 16.3 Å². The number of aromatic nitrogens is 3. The zero-order chi connectivity index (χ0) is 20.1. The number of benzene rings is 2. The van der Waals surface area contributed by atoms with Crippen molar-refractivity contribution in [3.63, 3.8) is 0 Å². The average molecular weight is 398 g/mol. The van der Waals surface area contributed by atoms with Gasteiger partial charge in [-0.2, -0.15) is 5.10 Å². The largest absolute Gasteiger partial charge is 0.340 e. The lowest BCUT2D eigenvalue weighted by molar-refractivity contribution is -0.118. The maximum absolute atomic E-state index is 12.7. The first-order chi connectivity index (χ1) is 13.5. The first-order valence-electron chi connectivity index (χ1n) is 8.77. The molecule has 0 aliphatic carbocycles. The van der Waals surface area contributed by atoms with Crippen molar-refractivity contribution >= 4 is 29.1 Å². The lowest BCUT2D eigenvalue weighted by atomic mass is 10.0. The summed E-state index contributed by atoms with van der Waals surface area (Å²) in [7, 11) is 0. The molecule has 2 N–H and O–H groups in total. The van der Waals surface area contributed by atoms with Crippen LogP contribution in [-0.2, 0) is 4.79 Å². The van der Waals surface area contributed by atoms with Gasteiger partial charge in [-0.15, -0.1) is 0 Å². The number of amides is 2. The second kappa shape index (κ2) is 8.67. The molecule has 0 bridgehead atoms. The van der Waals surface area contributed by atoms with Gasteiger partial charge in [-0.05, 0) is 42.3 Å². The Morgan fingerprint density at radius 3 is 2.39 bits per heavy atom. The van der Waals surface area contributed by atoms with Crippen LogP contribution in [0.15, 0.2) is 61.2 Å². The highest BCUT2D eigenvalue weighted by Gasteiger charge is 2.25. The highest BCUT2D eigenvalue weighted by molar-refractivity contribution is 6.33. The molecular formula is C20H20ClN5O2. The Kier molecular flexibility index (Phi) is 6.06. The third-order valence-electron chi connectivity index (χ3n) is 4.17. The Hall–Kier alpha value is -3.19. The number of nitrogens with zero attached hydrogens (tertiary/aromatic N) is 3. The van der Waals surface area contributed by atoms with Gasteiger partial charge in [-0.25, -0.2) is 9.67 Å². The highest BCUT2D eigenvalue weighted by Crippen LogP contribution is 2.17. The number of carbonyl (C=O) groups excluding carboxylic acids is 2. The molecule has 3 rings (SSSR count). The van der Waals surface area contributed by atoms with Gasteiger partial charge in [0.2, 0.25) is 5.91 Å². The van der Waals surface area contributed by atoms with Crippen molar-refractivity contribution in [3.8, 4) is 5.69 Å². The van der Waals surface area contributed by atoms with E-state index in [1.165, 1.54) is 6.33 Å². The second-order valence-electron chi connectivity index (χ2n) is 6.55. The minimum absolute atomic E-state index is 0.110. The zero-order valence-electron chi connectivity index (χ0n) is 15.5. The molecule has 2 aromatic carbocycles. The first kappa shape index (κ1) is 19.6. The van der Waals surface area contributed by atoms with E-state index in [9.17, 15) is 9.59 Å². The minimum atomic E-state index is -0.709. The van der Waals surface area contributed by atoms with Crippen molar-refractivity contribution in [3.05, 3.63) is 71.8 Å². The molecule has 28 heavy (non-hydrogen) atoms. The van der Waals surface area contributed by atoms with Gasteiger partial charge < -0.3 is 10.6 Å². The number of hydrogen-bond acceptors (Lipinski definition) is 4. The van der Waals surface area contributed by atoms with Crippen molar-refractivity contribution in [1.82, 2.24) is 20.1 Å². The smallest absolute Gasteiger partial charge is 0.253 e. The summed E-state index contributed by atoms with van der Waals surface area (Å²) >= 11 is 6.08. The van der Waals surface area contributed by atoms with E-state index in [1.54, 1.807) is 47.4 Å². The minimum Gasteiger partial charge on any atom is -0.340 e. The normalized spacial score (nSPS) is 11.9. The summed E-state index contributed by atoms with van der Waals surface area (Å²) in [5.41, 5.74) is 1.77. The summed E-state index contributed by atoms with van der Waals surface area (Å²) < 4.78 is 1.62. The molecule has 0 fully saturated rings. The standard InChI is InChI=1S/C20H20ClN5O2/c1-13(2)18(25-19(27)16-5-3-4-6-17(16)21)20(28)24-14-7-9-15(10-8-14)26-12-22-11-23-26/h3-13,18H,1-2H3,(H,24,28)(H,25,27). The van der Waals surface area contributed by atoms with E-state index in [4.69, 9.17) is 11.6 Å². The monoisotopic (exact) mass is 397 g/mol. The van der Waals surface area contributed by atoms with Crippen LogP contribution in [0.2, 0.25) is 5.02 Å². The molecule has 0 saturated heterocycles. The van der Waals surface area contributed by atoms with Crippen molar-refractivity contribution in [2.45, 2.75) is 19.9 Å². The molecule has 1 aromatic heterocycles. The molecular weight excluding hydrogens is 378 g/mol. The van der Waals surface area contributed by atoms with Crippen molar-refractivity contribution in [2.24, 2.45) is 5.92 Å². The fourth-order valence-corrected chi connectivity index (χ4v) is 2.88. The van der Waals surface area contributed by atoms with Gasteiger partial charge in [0.25, 0.3) is 5.91 Å². The Balaban J connectivity index is 1.69. The molecule has 0 aliphatic rings. The van der Waals surface area contributed by atoms with Crippen molar-refractivity contribution in [2.75, 3.05) is 5.32 Å². The van der Waals surface area contributed by atoms with Gasteiger partial charge in [-0.3, -0.25) is 9.59 Å². The van der Waals surface area contributed by atoms with Crippen LogP contribution in [0.5, 0.6) is 0 Å². The van der Waals surface area contributed by atoms with Gasteiger partial charge >= 0.3 is 0 Å². The van der Waals surface area contributed by atoms with E-state index in [2.05, 4.69) is 20.7 Å². The first-order valence-corrected chi connectivity index (χ1v) is 9.15. The molecule has 0 saturated carbocycles. The molecule has 3 aromatic rings. The number of halogens is 1. The molecule has 7 nitrogen and oxygen atoms in total. The van der Waals surface area contributed by atoms with Crippen LogP contribution < -0.4 is 10.6 Å². The maximum Gasteiger partial charge on any atom is 0.253 e.